The van der Waals surface area contributed by atoms with Gasteiger partial charge in [-0.25, -0.2) is 0 Å². The molecule has 1 saturated heterocycles. The maximum atomic E-state index is 12.4. The van der Waals surface area contributed by atoms with E-state index in [-0.39, 0.29) is 11.8 Å². The lowest BCUT2D eigenvalue weighted by Gasteiger charge is -2.16. The van der Waals surface area contributed by atoms with Gasteiger partial charge in [-0.15, -0.1) is 0 Å². The molecule has 1 unspecified atom stereocenters. The quantitative estimate of drug-likeness (QED) is 0.668. The van der Waals surface area contributed by atoms with Gasteiger partial charge in [0.25, 0.3) is 0 Å². The third kappa shape index (κ3) is 3.66. The molecule has 0 N–H and O–H groups in total. The molecule has 0 spiro atoms. The summed E-state index contributed by atoms with van der Waals surface area (Å²) < 4.78 is 10.6. The zero-order valence-electron chi connectivity index (χ0n) is 14.8. The Morgan fingerprint density at radius 1 is 1.22 bits per heavy atom. The minimum absolute atomic E-state index is 0.0771. The minimum Gasteiger partial charge on any atom is -0.497 e. The highest BCUT2D eigenvalue weighted by molar-refractivity contribution is 6.33. The van der Waals surface area contributed by atoms with Crippen LogP contribution in [0.3, 0.4) is 0 Å². The molecule has 2 heterocycles. The number of rotatable bonds is 5. The minimum atomic E-state index is -0.112. The Hall–Kier alpha value is -2.86. The number of nitrogens with zero attached hydrogens (tertiary/aromatic N) is 3. The fourth-order valence-electron chi connectivity index (χ4n) is 3.19. The lowest BCUT2D eigenvalue weighted by atomic mass is 10.1. The summed E-state index contributed by atoms with van der Waals surface area (Å²) in [6, 6.07) is 15.0. The first-order valence-electron chi connectivity index (χ1n) is 8.63. The van der Waals surface area contributed by atoms with Gasteiger partial charge in [0.2, 0.25) is 17.6 Å². The molecule has 1 aliphatic heterocycles. The van der Waals surface area contributed by atoms with Crippen LogP contribution in [-0.4, -0.2) is 34.6 Å². The van der Waals surface area contributed by atoms with E-state index in [0.717, 1.165) is 11.3 Å². The van der Waals surface area contributed by atoms with Crippen LogP contribution in [0.25, 0.3) is 11.4 Å². The first-order valence-corrected chi connectivity index (χ1v) is 9.01. The zero-order chi connectivity index (χ0) is 18.8. The molecule has 1 amide bonds. The summed E-state index contributed by atoms with van der Waals surface area (Å²) in [5.74, 6) is 1.67. The van der Waals surface area contributed by atoms with Crippen LogP contribution in [0, 0.1) is 0 Å². The largest absolute Gasteiger partial charge is 0.497 e. The Kier molecular flexibility index (Phi) is 4.81. The molecular weight excluding hydrogens is 366 g/mol. The third-order valence-corrected chi connectivity index (χ3v) is 4.98. The molecule has 0 saturated carbocycles. The van der Waals surface area contributed by atoms with Crippen molar-refractivity contribution in [3.8, 4) is 17.1 Å². The standard InChI is InChI=1S/C20H18ClN3O3/c1-26-15-8-6-13(7-9-15)11-24-12-14(10-18(24)25)20-22-19(23-27-20)16-4-2-3-5-17(16)21/h2-9,14H,10-12H2,1H3. The van der Waals surface area contributed by atoms with Crippen LogP contribution in [0.15, 0.2) is 53.1 Å². The van der Waals surface area contributed by atoms with Crippen LogP contribution in [0.4, 0.5) is 0 Å². The molecule has 3 aromatic rings. The van der Waals surface area contributed by atoms with E-state index < -0.39 is 0 Å². The van der Waals surface area contributed by atoms with Crippen molar-refractivity contribution in [3.05, 3.63) is 65.0 Å². The first-order chi connectivity index (χ1) is 13.1. The van der Waals surface area contributed by atoms with Crippen molar-refractivity contribution in [2.24, 2.45) is 0 Å². The van der Waals surface area contributed by atoms with Gasteiger partial charge >= 0.3 is 0 Å². The molecule has 0 bridgehead atoms. The van der Waals surface area contributed by atoms with Crippen molar-refractivity contribution in [3.63, 3.8) is 0 Å². The third-order valence-electron chi connectivity index (χ3n) is 4.65. The number of ether oxygens (including phenoxy) is 1. The van der Waals surface area contributed by atoms with E-state index in [9.17, 15) is 4.79 Å². The monoisotopic (exact) mass is 383 g/mol. The smallest absolute Gasteiger partial charge is 0.232 e. The number of likely N-dealkylation sites (tertiary alicyclic amines) is 1. The summed E-state index contributed by atoms with van der Waals surface area (Å²) in [5.41, 5.74) is 1.76. The van der Waals surface area contributed by atoms with Gasteiger partial charge in [0.15, 0.2) is 0 Å². The zero-order valence-corrected chi connectivity index (χ0v) is 15.5. The van der Waals surface area contributed by atoms with Crippen molar-refractivity contribution in [1.29, 1.82) is 0 Å². The topological polar surface area (TPSA) is 68.5 Å². The average Bonchev–Trinajstić information content (AvgIpc) is 3.30. The molecule has 1 atom stereocenters. The summed E-state index contributed by atoms with van der Waals surface area (Å²) in [6.45, 7) is 1.10. The molecule has 7 heteroatoms. The number of methoxy groups -OCH3 is 1. The van der Waals surface area contributed by atoms with Gasteiger partial charge < -0.3 is 14.2 Å². The lowest BCUT2D eigenvalue weighted by molar-refractivity contribution is -0.128. The van der Waals surface area contributed by atoms with E-state index in [1.165, 1.54) is 0 Å². The van der Waals surface area contributed by atoms with Crippen molar-refractivity contribution < 1.29 is 14.1 Å². The van der Waals surface area contributed by atoms with E-state index in [4.69, 9.17) is 20.9 Å². The molecule has 0 aliphatic carbocycles. The van der Waals surface area contributed by atoms with E-state index in [1.807, 2.05) is 47.4 Å². The summed E-state index contributed by atoms with van der Waals surface area (Å²) in [6.07, 6.45) is 0.361. The molecule has 4 rings (SSSR count). The number of carbonyl (C=O) groups is 1. The fraction of sp³-hybridized carbons (Fsp3) is 0.250. The number of aromatic nitrogens is 2. The number of halogens is 1. The second-order valence-corrected chi connectivity index (χ2v) is 6.87. The predicted molar refractivity (Wildman–Crippen MR) is 101 cm³/mol. The first kappa shape index (κ1) is 17.5. The number of hydrogen-bond donors (Lipinski definition) is 0. The summed E-state index contributed by atoms with van der Waals surface area (Å²) in [5, 5.41) is 4.59. The van der Waals surface area contributed by atoms with Gasteiger partial charge in [0.05, 0.1) is 18.1 Å². The Morgan fingerprint density at radius 2 is 2.00 bits per heavy atom. The van der Waals surface area contributed by atoms with E-state index in [2.05, 4.69) is 10.1 Å². The van der Waals surface area contributed by atoms with Gasteiger partial charge in [0.1, 0.15) is 5.75 Å². The van der Waals surface area contributed by atoms with E-state index in [0.29, 0.717) is 41.8 Å². The lowest BCUT2D eigenvalue weighted by Crippen LogP contribution is -2.24. The van der Waals surface area contributed by atoms with Crippen molar-refractivity contribution >= 4 is 17.5 Å². The molecule has 138 valence electrons. The van der Waals surface area contributed by atoms with Crippen LogP contribution in [0.5, 0.6) is 5.75 Å². The van der Waals surface area contributed by atoms with Crippen LogP contribution in [0.2, 0.25) is 5.02 Å². The van der Waals surface area contributed by atoms with Crippen molar-refractivity contribution in [2.45, 2.75) is 18.9 Å². The highest BCUT2D eigenvalue weighted by Gasteiger charge is 2.34. The highest BCUT2D eigenvalue weighted by Crippen LogP contribution is 2.31. The summed E-state index contributed by atoms with van der Waals surface area (Å²) in [7, 11) is 1.63. The Labute approximate surface area is 161 Å². The Bertz CT molecular complexity index is 955. The SMILES string of the molecule is COc1ccc(CN2CC(c3nc(-c4ccccc4Cl)no3)CC2=O)cc1. The fourth-order valence-corrected chi connectivity index (χ4v) is 3.41. The summed E-state index contributed by atoms with van der Waals surface area (Å²) >= 11 is 6.19. The number of benzene rings is 2. The Balaban J connectivity index is 1.47. The summed E-state index contributed by atoms with van der Waals surface area (Å²) in [4.78, 5) is 18.7. The molecule has 27 heavy (non-hydrogen) atoms. The van der Waals surface area contributed by atoms with Gasteiger partial charge in [0, 0.05) is 25.1 Å². The Morgan fingerprint density at radius 3 is 2.74 bits per heavy atom. The second-order valence-electron chi connectivity index (χ2n) is 6.46. The van der Waals surface area contributed by atoms with Crippen LogP contribution in [0.1, 0.15) is 23.8 Å². The predicted octanol–water partition coefficient (Wildman–Crippen LogP) is 3.91. The van der Waals surface area contributed by atoms with Gasteiger partial charge in [-0.3, -0.25) is 4.79 Å². The second kappa shape index (κ2) is 7.40. The number of amides is 1. The van der Waals surface area contributed by atoms with E-state index in [1.54, 1.807) is 13.2 Å². The maximum absolute atomic E-state index is 12.4. The van der Waals surface area contributed by atoms with Crippen LogP contribution >= 0.6 is 11.6 Å². The molecule has 1 aromatic heterocycles. The molecule has 1 fully saturated rings. The highest BCUT2D eigenvalue weighted by atomic mass is 35.5. The van der Waals surface area contributed by atoms with Gasteiger partial charge in [-0.05, 0) is 29.8 Å². The van der Waals surface area contributed by atoms with Crippen LogP contribution in [-0.2, 0) is 11.3 Å². The number of hydrogen-bond acceptors (Lipinski definition) is 5. The normalized spacial score (nSPS) is 16.7. The van der Waals surface area contributed by atoms with Gasteiger partial charge in [-0.1, -0.05) is 41.0 Å². The average molecular weight is 384 g/mol. The molecule has 6 nitrogen and oxygen atoms in total. The van der Waals surface area contributed by atoms with Gasteiger partial charge in [-0.2, -0.15) is 4.98 Å². The van der Waals surface area contributed by atoms with E-state index >= 15 is 0 Å². The molecular formula is C20H18ClN3O3. The maximum Gasteiger partial charge on any atom is 0.232 e. The number of carbonyl (C=O) groups excluding carboxylic acids is 1. The molecule has 0 radical (unpaired) electrons. The van der Waals surface area contributed by atoms with Crippen molar-refractivity contribution in [2.75, 3.05) is 13.7 Å². The molecule has 2 aromatic carbocycles. The molecule has 1 aliphatic rings. The van der Waals surface area contributed by atoms with Crippen molar-refractivity contribution in [1.82, 2.24) is 15.0 Å². The van der Waals surface area contributed by atoms with Crippen LogP contribution < -0.4 is 4.74 Å².